The van der Waals surface area contributed by atoms with E-state index in [4.69, 9.17) is 4.74 Å². The Morgan fingerprint density at radius 1 is 0.452 bits per heavy atom. The lowest BCUT2D eigenvalue weighted by Gasteiger charge is -2.24. The third kappa shape index (κ3) is 44.9. The highest BCUT2D eigenvalue weighted by Crippen LogP contribution is 2.18. The van der Waals surface area contributed by atoms with Crippen LogP contribution in [-0.2, 0) is 14.3 Å². The van der Waals surface area contributed by atoms with Crippen LogP contribution in [0.5, 0.6) is 0 Å². The summed E-state index contributed by atoms with van der Waals surface area (Å²) in [6.07, 6.45) is 58.0. The SMILES string of the molecule is CCCCCC/C=C\CCCCCCCCCC(=O)OC(CCCCCCC/C=C/CCCCCCCC)CC(=O)NC(CO)C(O)CCCCCCCCCCCCCCC. The van der Waals surface area contributed by atoms with Gasteiger partial charge in [-0.3, -0.25) is 9.59 Å². The molecule has 366 valence electrons. The first-order valence-electron chi connectivity index (χ1n) is 27.6. The third-order valence-electron chi connectivity index (χ3n) is 12.8. The molecule has 0 aromatic rings. The molecule has 0 fully saturated rings. The predicted octanol–water partition coefficient (Wildman–Crippen LogP) is 16.7. The highest BCUT2D eigenvalue weighted by Gasteiger charge is 2.24. The summed E-state index contributed by atoms with van der Waals surface area (Å²) < 4.78 is 5.95. The van der Waals surface area contributed by atoms with Gasteiger partial charge in [-0.15, -0.1) is 0 Å². The number of carbonyl (C=O) groups excluding carboxylic acids is 2. The van der Waals surface area contributed by atoms with Gasteiger partial charge < -0.3 is 20.3 Å². The van der Waals surface area contributed by atoms with Gasteiger partial charge in [-0.25, -0.2) is 0 Å². The molecule has 0 rings (SSSR count). The maximum absolute atomic E-state index is 13.2. The summed E-state index contributed by atoms with van der Waals surface area (Å²) in [6, 6.07) is -0.701. The molecule has 3 unspecified atom stereocenters. The Labute approximate surface area is 386 Å². The number of rotatable bonds is 50. The zero-order valence-electron chi connectivity index (χ0n) is 41.8. The van der Waals surface area contributed by atoms with Crippen molar-refractivity contribution in [3.8, 4) is 0 Å². The van der Waals surface area contributed by atoms with Crippen LogP contribution < -0.4 is 5.32 Å². The van der Waals surface area contributed by atoms with Crippen molar-refractivity contribution in [1.82, 2.24) is 5.32 Å². The second-order valence-corrected chi connectivity index (χ2v) is 19.0. The minimum Gasteiger partial charge on any atom is -0.462 e. The van der Waals surface area contributed by atoms with Gasteiger partial charge in [0.2, 0.25) is 5.91 Å². The zero-order valence-corrected chi connectivity index (χ0v) is 41.8. The number of amides is 1. The summed E-state index contributed by atoms with van der Waals surface area (Å²) in [7, 11) is 0. The topological polar surface area (TPSA) is 95.9 Å². The molecule has 0 radical (unpaired) electrons. The van der Waals surface area contributed by atoms with E-state index in [1.165, 1.54) is 193 Å². The number of hydrogen-bond acceptors (Lipinski definition) is 5. The molecule has 0 saturated carbocycles. The van der Waals surface area contributed by atoms with E-state index in [1.807, 2.05) is 0 Å². The fourth-order valence-electron chi connectivity index (χ4n) is 8.54. The zero-order chi connectivity index (χ0) is 45.2. The number of carbonyl (C=O) groups is 2. The molecule has 1 amide bonds. The molecule has 6 nitrogen and oxygen atoms in total. The third-order valence-corrected chi connectivity index (χ3v) is 12.8. The molecule has 0 heterocycles. The summed E-state index contributed by atoms with van der Waals surface area (Å²) >= 11 is 0. The lowest BCUT2D eigenvalue weighted by Crippen LogP contribution is -2.46. The van der Waals surface area contributed by atoms with Crippen molar-refractivity contribution in [3.05, 3.63) is 24.3 Å². The van der Waals surface area contributed by atoms with Crippen LogP contribution in [-0.4, -0.2) is 46.9 Å². The smallest absolute Gasteiger partial charge is 0.306 e. The molecule has 62 heavy (non-hydrogen) atoms. The molecule has 0 aliphatic rings. The van der Waals surface area contributed by atoms with E-state index in [0.717, 1.165) is 57.8 Å². The number of ether oxygens (including phenoxy) is 1. The highest BCUT2D eigenvalue weighted by atomic mass is 16.5. The van der Waals surface area contributed by atoms with E-state index in [-0.39, 0.29) is 24.9 Å². The summed E-state index contributed by atoms with van der Waals surface area (Å²) in [4.78, 5) is 26.2. The monoisotopic (exact) mass is 874 g/mol. The number of aliphatic hydroxyl groups excluding tert-OH is 2. The fourth-order valence-corrected chi connectivity index (χ4v) is 8.54. The Balaban J connectivity index is 4.56. The van der Waals surface area contributed by atoms with E-state index < -0.39 is 18.2 Å². The van der Waals surface area contributed by atoms with E-state index in [0.29, 0.717) is 19.3 Å². The first kappa shape index (κ1) is 60.3. The molecule has 0 spiro atoms. The van der Waals surface area contributed by atoms with Gasteiger partial charge in [0.1, 0.15) is 6.10 Å². The van der Waals surface area contributed by atoms with Crippen molar-refractivity contribution in [2.24, 2.45) is 0 Å². The number of aliphatic hydroxyl groups is 2. The largest absolute Gasteiger partial charge is 0.462 e. The Morgan fingerprint density at radius 2 is 0.774 bits per heavy atom. The molecule has 6 heteroatoms. The molecule has 0 aromatic carbocycles. The molecule has 3 N–H and O–H groups in total. The summed E-state index contributed by atoms with van der Waals surface area (Å²) in [5.41, 5.74) is 0. The molecular formula is C56H107NO5. The maximum atomic E-state index is 13.2. The lowest BCUT2D eigenvalue weighted by molar-refractivity contribution is -0.151. The van der Waals surface area contributed by atoms with Crippen LogP contribution in [0.25, 0.3) is 0 Å². The van der Waals surface area contributed by atoms with E-state index in [9.17, 15) is 19.8 Å². The van der Waals surface area contributed by atoms with Gasteiger partial charge in [0.15, 0.2) is 0 Å². The van der Waals surface area contributed by atoms with Crippen LogP contribution in [0.4, 0.5) is 0 Å². The number of esters is 1. The molecule has 0 saturated heterocycles. The van der Waals surface area contributed by atoms with Gasteiger partial charge in [0.05, 0.1) is 25.2 Å². The van der Waals surface area contributed by atoms with Gasteiger partial charge in [-0.1, -0.05) is 231 Å². The first-order valence-corrected chi connectivity index (χ1v) is 27.6. The van der Waals surface area contributed by atoms with Crippen molar-refractivity contribution in [1.29, 1.82) is 0 Å². The standard InChI is InChI=1S/C56H107NO5/c1-4-7-10-13-16-19-22-25-27-30-32-35-38-41-44-47-52(62-56(61)49-46-43-40-37-34-31-28-26-23-20-17-14-11-8-5-2)50-55(60)57-53(51-58)54(59)48-45-42-39-36-33-29-24-21-18-15-12-9-6-3/h20,23,25,27,52-54,58-59H,4-19,21-22,24,26,28-51H2,1-3H3,(H,57,60)/b23-20-,27-25+. The minimum absolute atomic E-state index is 0.0745. The second kappa shape index (κ2) is 50.3. The Kier molecular flexibility index (Phi) is 49.0. The Hall–Kier alpha value is -1.66. The number of allylic oxidation sites excluding steroid dienone is 4. The maximum Gasteiger partial charge on any atom is 0.306 e. The lowest BCUT2D eigenvalue weighted by atomic mass is 10.0. The highest BCUT2D eigenvalue weighted by molar-refractivity contribution is 5.77. The molecular weight excluding hydrogens is 767 g/mol. The van der Waals surface area contributed by atoms with Crippen LogP contribution in [0.3, 0.4) is 0 Å². The average Bonchev–Trinajstić information content (AvgIpc) is 3.26. The quantitative estimate of drug-likeness (QED) is 0.0321. The van der Waals surface area contributed by atoms with Gasteiger partial charge in [0, 0.05) is 6.42 Å². The summed E-state index contributed by atoms with van der Waals surface area (Å²) in [6.45, 7) is 6.49. The summed E-state index contributed by atoms with van der Waals surface area (Å²) in [5, 5.41) is 23.8. The van der Waals surface area contributed by atoms with Gasteiger partial charge >= 0.3 is 5.97 Å². The normalized spacial score (nSPS) is 13.3. The fraction of sp³-hybridized carbons (Fsp3) is 0.893. The van der Waals surface area contributed by atoms with Crippen LogP contribution in [0.1, 0.15) is 297 Å². The van der Waals surface area contributed by atoms with Crippen LogP contribution >= 0.6 is 0 Å². The van der Waals surface area contributed by atoms with Crippen molar-refractivity contribution in [3.63, 3.8) is 0 Å². The van der Waals surface area contributed by atoms with E-state index in [1.54, 1.807) is 0 Å². The van der Waals surface area contributed by atoms with E-state index in [2.05, 4.69) is 50.4 Å². The van der Waals surface area contributed by atoms with Crippen molar-refractivity contribution in [2.75, 3.05) is 6.61 Å². The second-order valence-electron chi connectivity index (χ2n) is 19.0. The van der Waals surface area contributed by atoms with E-state index >= 15 is 0 Å². The van der Waals surface area contributed by atoms with Gasteiger partial charge in [0.25, 0.3) is 0 Å². The van der Waals surface area contributed by atoms with Crippen LogP contribution in [0.15, 0.2) is 24.3 Å². The number of hydrogen-bond donors (Lipinski definition) is 3. The minimum atomic E-state index is -0.787. The number of nitrogens with one attached hydrogen (secondary N) is 1. The summed E-state index contributed by atoms with van der Waals surface area (Å²) in [5.74, 6) is -0.473. The average molecular weight is 874 g/mol. The van der Waals surface area contributed by atoms with Gasteiger partial charge in [-0.2, -0.15) is 0 Å². The molecule has 3 atom stereocenters. The van der Waals surface area contributed by atoms with Crippen LogP contribution in [0, 0.1) is 0 Å². The van der Waals surface area contributed by atoms with Crippen molar-refractivity contribution < 1.29 is 24.5 Å². The predicted molar refractivity (Wildman–Crippen MR) is 269 cm³/mol. The Bertz CT molecular complexity index is 981. The first-order chi connectivity index (χ1) is 30.5. The van der Waals surface area contributed by atoms with Gasteiger partial charge in [-0.05, 0) is 77.0 Å². The molecule has 0 aliphatic carbocycles. The van der Waals surface area contributed by atoms with Crippen molar-refractivity contribution in [2.45, 2.75) is 315 Å². The molecule has 0 aromatic heterocycles. The Morgan fingerprint density at radius 3 is 1.16 bits per heavy atom. The van der Waals surface area contributed by atoms with Crippen LogP contribution in [0.2, 0.25) is 0 Å². The molecule has 0 bridgehead atoms. The number of unbranched alkanes of at least 4 members (excludes halogenated alkanes) is 34. The van der Waals surface area contributed by atoms with Crippen molar-refractivity contribution >= 4 is 11.9 Å². The molecule has 0 aliphatic heterocycles.